The fourth-order valence-electron chi connectivity index (χ4n) is 3.21. The highest BCUT2D eigenvalue weighted by Crippen LogP contribution is 2.23. The van der Waals surface area contributed by atoms with Gasteiger partial charge in [0.15, 0.2) is 0 Å². The second-order valence-corrected chi connectivity index (χ2v) is 7.67. The zero-order chi connectivity index (χ0) is 19.2. The van der Waals surface area contributed by atoms with Crippen molar-refractivity contribution >= 4 is 34.8 Å². The zero-order valence-corrected chi connectivity index (χ0v) is 16.9. The molecule has 0 saturated carbocycles. The molecule has 2 aromatic rings. The van der Waals surface area contributed by atoms with Gasteiger partial charge in [0.1, 0.15) is 0 Å². The van der Waals surface area contributed by atoms with Crippen LogP contribution >= 0.6 is 23.2 Å². The quantitative estimate of drug-likeness (QED) is 0.741. The van der Waals surface area contributed by atoms with Crippen LogP contribution in [0, 0.1) is 0 Å². The molecule has 0 spiro atoms. The number of amides is 1. The van der Waals surface area contributed by atoms with Crippen LogP contribution in [0.1, 0.15) is 28.8 Å². The molecular weight excluding hydrogens is 383 g/mol. The molecule has 0 bridgehead atoms. The lowest BCUT2D eigenvalue weighted by atomic mass is 10.1. The number of rotatable bonds is 6. The largest absolute Gasteiger partial charge is 0.381 e. The molecule has 1 fully saturated rings. The van der Waals surface area contributed by atoms with Crippen molar-refractivity contribution in [1.82, 2.24) is 4.90 Å². The highest BCUT2D eigenvalue weighted by atomic mass is 35.5. The van der Waals surface area contributed by atoms with Crippen molar-refractivity contribution in [2.75, 3.05) is 32.1 Å². The molecule has 1 heterocycles. The fourth-order valence-corrected chi connectivity index (χ4v) is 3.51. The number of carbonyl (C=O) groups is 1. The maximum absolute atomic E-state index is 12.3. The van der Waals surface area contributed by atoms with Gasteiger partial charge in [-0.15, -0.1) is 0 Å². The van der Waals surface area contributed by atoms with Crippen LogP contribution in [0.2, 0.25) is 10.0 Å². The van der Waals surface area contributed by atoms with Crippen molar-refractivity contribution in [3.05, 3.63) is 63.6 Å². The normalized spacial score (nSPS) is 15.1. The van der Waals surface area contributed by atoms with Gasteiger partial charge in [-0.05, 0) is 62.2 Å². The molecule has 0 unspecified atom stereocenters. The van der Waals surface area contributed by atoms with E-state index in [1.54, 1.807) is 18.2 Å². The van der Waals surface area contributed by atoms with Crippen LogP contribution < -0.4 is 5.32 Å². The van der Waals surface area contributed by atoms with Crippen LogP contribution in [0.4, 0.5) is 5.69 Å². The summed E-state index contributed by atoms with van der Waals surface area (Å²) >= 11 is 11.9. The summed E-state index contributed by atoms with van der Waals surface area (Å²) in [7, 11) is 2.18. The molecule has 27 heavy (non-hydrogen) atoms. The third-order valence-corrected chi connectivity index (χ3v) is 5.70. The van der Waals surface area contributed by atoms with E-state index in [2.05, 4.69) is 29.4 Å². The van der Waals surface area contributed by atoms with Gasteiger partial charge in [-0.3, -0.25) is 4.79 Å². The highest BCUT2D eigenvalue weighted by Gasteiger charge is 2.17. The zero-order valence-electron chi connectivity index (χ0n) is 15.4. The standard InChI is InChI=1S/C21H24Cl2N2O2/c1-25(18-9-12-27-13-10-18)11-8-15-2-5-17(6-3-15)24-21(26)16-4-7-19(22)20(23)14-16/h2-7,14,18H,8-13H2,1H3,(H,24,26). The summed E-state index contributed by atoms with van der Waals surface area (Å²) in [5.74, 6) is -0.208. The van der Waals surface area contributed by atoms with E-state index in [-0.39, 0.29) is 5.91 Å². The Labute approximate surface area is 170 Å². The van der Waals surface area contributed by atoms with Gasteiger partial charge in [0.05, 0.1) is 10.0 Å². The van der Waals surface area contributed by atoms with Gasteiger partial charge in [0.2, 0.25) is 0 Å². The predicted molar refractivity (Wildman–Crippen MR) is 111 cm³/mol. The molecule has 0 aromatic heterocycles. The van der Waals surface area contributed by atoms with E-state index in [1.807, 2.05) is 12.1 Å². The van der Waals surface area contributed by atoms with Crippen molar-refractivity contribution in [3.63, 3.8) is 0 Å². The van der Waals surface area contributed by atoms with E-state index in [4.69, 9.17) is 27.9 Å². The van der Waals surface area contributed by atoms with Gasteiger partial charge in [-0.1, -0.05) is 35.3 Å². The molecule has 1 aliphatic heterocycles. The monoisotopic (exact) mass is 406 g/mol. The van der Waals surface area contributed by atoms with Crippen LogP contribution in [0.15, 0.2) is 42.5 Å². The third kappa shape index (κ3) is 5.69. The highest BCUT2D eigenvalue weighted by molar-refractivity contribution is 6.42. The van der Waals surface area contributed by atoms with E-state index >= 15 is 0 Å². The summed E-state index contributed by atoms with van der Waals surface area (Å²) in [6.07, 6.45) is 3.20. The van der Waals surface area contributed by atoms with Crippen molar-refractivity contribution in [3.8, 4) is 0 Å². The van der Waals surface area contributed by atoms with Crippen molar-refractivity contribution < 1.29 is 9.53 Å². The van der Waals surface area contributed by atoms with E-state index in [0.717, 1.165) is 44.7 Å². The molecule has 2 aromatic carbocycles. The second-order valence-electron chi connectivity index (χ2n) is 6.85. The third-order valence-electron chi connectivity index (χ3n) is 4.96. The molecule has 1 amide bonds. The van der Waals surface area contributed by atoms with Crippen molar-refractivity contribution in [2.24, 2.45) is 0 Å². The topological polar surface area (TPSA) is 41.6 Å². The number of nitrogens with zero attached hydrogens (tertiary/aromatic N) is 1. The first-order valence-electron chi connectivity index (χ1n) is 9.16. The Balaban J connectivity index is 1.52. The number of likely N-dealkylation sites (N-methyl/N-ethyl adjacent to an activating group) is 1. The predicted octanol–water partition coefficient (Wildman–Crippen LogP) is 4.90. The number of benzene rings is 2. The summed E-state index contributed by atoms with van der Waals surface area (Å²) in [5.41, 5.74) is 2.49. The Hall–Kier alpha value is -1.59. The Morgan fingerprint density at radius 3 is 2.48 bits per heavy atom. The Morgan fingerprint density at radius 1 is 1.11 bits per heavy atom. The Bertz CT molecular complexity index is 774. The maximum Gasteiger partial charge on any atom is 0.255 e. The van der Waals surface area contributed by atoms with Crippen molar-refractivity contribution in [1.29, 1.82) is 0 Å². The SMILES string of the molecule is CN(CCc1ccc(NC(=O)c2ccc(Cl)c(Cl)c2)cc1)C1CCOCC1. The molecule has 144 valence electrons. The molecule has 1 saturated heterocycles. The van der Waals surface area contributed by atoms with Gasteiger partial charge in [0.25, 0.3) is 5.91 Å². The summed E-state index contributed by atoms with van der Waals surface area (Å²) in [6.45, 7) is 2.74. The lowest BCUT2D eigenvalue weighted by Crippen LogP contribution is -2.37. The molecule has 1 aliphatic rings. The van der Waals surface area contributed by atoms with Crippen LogP contribution in [-0.2, 0) is 11.2 Å². The fraction of sp³-hybridized carbons (Fsp3) is 0.381. The van der Waals surface area contributed by atoms with E-state index in [1.165, 1.54) is 5.56 Å². The number of anilines is 1. The van der Waals surface area contributed by atoms with Gasteiger partial charge in [-0.25, -0.2) is 0 Å². The number of halogens is 2. The molecule has 6 heteroatoms. The van der Waals surface area contributed by atoms with E-state index < -0.39 is 0 Å². The van der Waals surface area contributed by atoms with Crippen LogP contribution in [0.5, 0.6) is 0 Å². The summed E-state index contributed by atoms with van der Waals surface area (Å²) < 4.78 is 5.43. The molecule has 1 N–H and O–H groups in total. The lowest BCUT2D eigenvalue weighted by molar-refractivity contribution is 0.0434. The van der Waals surface area contributed by atoms with Gasteiger partial charge in [0, 0.05) is 37.1 Å². The van der Waals surface area contributed by atoms with Gasteiger partial charge >= 0.3 is 0 Å². The number of carbonyl (C=O) groups excluding carboxylic acids is 1. The Morgan fingerprint density at radius 2 is 1.81 bits per heavy atom. The number of hydrogen-bond donors (Lipinski definition) is 1. The summed E-state index contributed by atoms with van der Waals surface area (Å²) in [5, 5.41) is 3.69. The Kier molecular flexibility index (Phi) is 7.13. The number of ether oxygens (including phenoxy) is 1. The smallest absolute Gasteiger partial charge is 0.255 e. The molecule has 0 aliphatic carbocycles. The average molecular weight is 407 g/mol. The van der Waals surface area contributed by atoms with E-state index in [0.29, 0.717) is 21.7 Å². The number of nitrogens with one attached hydrogen (secondary N) is 1. The minimum atomic E-state index is -0.208. The lowest BCUT2D eigenvalue weighted by Gasteiger charge is -2.31. The first kappa shape index (κ1) is 20.2. The minimum Gasteiger partial charge on any atom is -0.381 e. The number of hydrogen-bond acceptors (Lipinski definition) is 3. The van der Waals surface area contributed by atoms with Crippen LogP contribution in [-0.4, -0.2) is 43.7 Å². The van der Waals surface area contributed by atoms with Gasteiger partial charge in [-0.2, -0.15) is 0 Å². The maximum atomic E-state index is 12.3. The van der Waals surface area contributed by atoms with Crippen LogP contribution in [0.25, 0.3) is 0 Å². The first-order chi connectivity index (χ1) is 13.0. The van der Waals surface area contributed by atoms with Gasteiger partial charge < -0.3 is 15.0 Å². The summed E-state index contributed by atoms with van der Waals surface area (Å²) in [6, 6.07) is 13.4. The molecule has 3 rings (SSSR count). The average Bonchev–Trinajstić information content (AvgIpc) is 2.70. The van der Waals surface area contributed by atoms with Crippen LogP contribution in [0.3, 0.4) is 0 Å². The molecule has 0 radical (unpaired) electrons. The first-order valence-corrected chi connectivity index (χ1v) is 9.92. The summed E-state index contributed by atoms with van der Waals surface area (Å²) in [4.78, 5) is 14.7. The second kappa shape index (κ2) is 9.56. The van der Waals surface area contributed by atoms with E-state index in [9.17, 15) is 4.79 Å². The minimum absolute atomic E-state index is 0.208. The van der Waals surface area contributed by atoms with Crippen molar-refractivity contribution in [2.45, 2.75) is 25.3 Å². The molecule has 0 atom stereocenters. The molecule has 4 nitrogen and oxygen atoms in total. The molecular formula is C21H24Cl2N2O2.